The molecule has 27 heavy (non-hydrogen) atoms. The molecular formula is C20H19N5O2. The average molecular weight is 361 g/mol. The molecule has 2 aromatic carbocycles. The van der Waals surface area contributed by atoms with Gasteiger partial charge >= 0.3 is 0 Å². The zero-order valence-electron chi connectivity index (χ0n) is 14.8. The van der Waals surface area contributed by atoms with Gasteiger partial charge in [-0.05, 0) is 37.5 Å². The minimum absolute atomic E-state index is 0.0357. The number of aryl methyl sites for hydroxylation is 1. The second kappa shape index (κ2) is 7.03. The Morgan fingerprint density at radius 1 is 1.15 bits per heavy atom. The van der Waals surface area contributed by atoms with E-state index in [1.807, 2.05) is 43.3 Å². The Balaban J connectivity index is 1.56. The summed E-state index contributed by atoms with van der Waals surface area (Å²) in [4.78, 5) is 27.9. The molecule has 4 aromatic rings. The van der Waals surface area contributed by atoms with Crippen LogP contribution >= 0.6 is 0 Å². The number of aromatic nitrogens is 4. The first-order valence-electron chi connectivity index (χ1n) is 8.84. The van der Waals surface area contributed by atoms with Crippen LogP contribution in [0, 0.1) is 0 Å². The summed E-state index contributed by atoms with van der Waals surface area (Å²) in [6.45, 7) is 1.94. The third-order valence-electron chi connectivity index (χ3n) is 4.57. The van der Waals surface area contributed by atoms with Crippen molar-refractivity contribution in [1.29, 1.82) is 0 Å². The molecule has 136 valence electrons. The smallest absolute Gasteiger partial charge is 0.277 e. The Bertz CT molecular complexity index is 1160. The fourth-order valence-electron chi connectivity index (χ4n) is 3.14. The number of benzene rings is 2. The third kappa shape index (κ3) is 3.31. The predicted molar refractivity (Wildman–Crippen MR) is 103 cm³/mol. The first kappa shape index (κ1) is 17.0. The van der Waals surface area contributed by atoms with Gasteiger partial charge in [0.05, 0.1) is 11.0 Å². The summed E-state index contributed by atoms with van der Waals surface area (Å²) in [7, 11) is 0. The summed E-state index contributed by atoms with van der Waals surface area (Å²) in [6.07, 6.45) is 1.64. The maximum atomic E-state index is 12.7. The number of amides is 1. The van der Waals surface area contributed by atoms with Crippen LogP contribution in [0.15, 0.2) is 59.4 Å². The van der Waals surface area contributed by atoms with Crippen LogP contribution in [0.2, 0.25) is 0 Å². The van der Waals surface area contributed by atoms with Crippen LogP contribution in [-0.4, -0.2) is 31.8 Å². The van der Waals surface area contributed by atoms with E-state index in [2.05, 4.69) is 32.7 Å². The lowest BCUT2D eigenvalue weighted by Crippen LogP contribution is -2.33. The molecule has 0 aliphatic carbocycles. The maximum Gasteiger partial charge on any atom is 0.277 e. The first-order chi connectivity index (χ1) is 13.1. The van der Waals surface area contributed by atoms with Gasteiger partial charge in [-0.15, -0.1) is 5.10 Å². The number of rotatable bonds is 5. The zero-order chi connectivity index (χ0) is 18.8. The fourth-order valence-corrected chi connectivity index (χ4v) is 3.14. The van der Waals surface area contributed by atoms with E-state index in [0.717, 1.165) is 12.8 Å². The number of H-pyrrole nitrogens is 1. The third-order valence-corrected chi connectivity index (χ3v) is 4.57. The second-order valence-electron chi connectivity index (χ2n) is 6.57. The highest BCUT2D eigenvalue weighted by molar-refractivity contribution is 5.99. The molecule has 0 spiro atoms. The minimum Gasteiger partial charge on any atom is -0.348 e. The lowest BCUT2D eigenvalue weighted by molar-refractivity contribution is 0.0935. The predicted octanol–water partition coefficient (Wildman–Crippen LogP) is 2.32. The summed E-state index contributed by atoms with van der Waals surface area (Å²) >= 11 is 0. The van der Waals surface area contributed by atoms with Gasteiger partial charge in [0.15, 0.2) is 11.2 Å². The van der Waals surface area contributed by atoms with Crippen molar-refractivity contribution in [2.45, 2.75) is 25.8 Å². The molecule has 1 atom stereocenters. The van der Waals surface area contributed by atoms with Crippen LogP contribution in [0.1, 0.15) is 29.4 Å². The molecule has 0 bridgehead atoms. The number of para-hydroxylation sites is 2. The van der Waals surface area contributed by atoms with E-state index in [4.69, 9.17) is 0 Å². The van der Waals surface area contributed by atoms with Gasteiger partial charge in [0.25, 0.3) is 11.5 Å². The second-order valence-corrected chi connectivity index (χ2v) is 6.57. The lowest BCUT2D eigenvalue weighted by Gasteiger charge is -2.12. The molecule has 2 heterocycles. The number of carbonyl (C=O) groups excluding carboxylic acids is 1. The van der Waals surface area contributed by atoms with E-state index < -0.39 is 5.91 Å². The van der Waals surface area contributed by atoms with Crippen LogP contribution in [0.3, 0.4) is 0 Å². The van der Waals surface area contributed by atoms with Crippen LogP contribution in [0.4, 0.5) is 0 Å². The van der Waals surface area contributed by atoms with Gasteiger partial charge in [-0.2, -0.15) is 0 Å². The van der Waals surface area contributed by atoms with Crippen molar-refractivity contribution in [2.75, 3.05) is 0 Å². The highest BCUT2D eigenvalue weighted by Crippen LogP contribution is 2.13. The summed E-state index contributed by atoms with van der Waals surface area (Å²) in [5.74, 6) is -0.397. The SMILES string of the molecule is CC(CCc1ccccc1)NC(=O)c1nnn2c1c(=O)[nH]c1ccccc12. The monoisotopic (exact) mass is 361 g/mol. The summed E-state index contributed by atoms with van der Waals surface area (Å²) in [5, 5.41) is 10.9. The van der Waals surface area contributed by atoms with Crippen LogP contribution in [-0.2, 0) is 6.42 Å². The molecule has 0 aliphatic heterocycles. The van der Waals surface area contributed by atoms with E-state index in [1.54, 1.807) is 6.07 Å². The molecule has 0 saturated heterocycles. The topological polar surface area (TPSA) is 92.2 Å². The molecule has 1 amide bonds. The number of hydrogen-bond acceptors (Lipinski definition) is 4. The largest absolute Gasteiger partial charge is 0.348 e. The van der Waals surface area contributed by atoms with Gasteiger partial charge in [0.1, 0.15) is 0 Å². The average Bonchev–Trinajstić information content (AvgIpc) is 3.14. The van der Waals surface area contributed by atoms with Gasteiger partial charge < -0.3 is 10.3 Å². The molecule has 7 nitrogen and oxygen atoms in total. The van der Waals surface area contributed by atoms with Crippen LogP contribution in [0.25, 0.3) is 16.6 Å². The van der Waals surface area contributed by atoms with Crippen molar-refractivity contribution in [3.05, 3.63) is 76.2 Å². The molecule has 1 unspecified atom stereocenters. The Hall–Kier alpha value is -3.48. The van der Waals surface area contributed by atoms with E-state index in [1.165, 1.54) is 10.1 Å². The fraction of sp³-hybridized carbons (Fsp3) is 0.200. The number of fused-ring (bicyclic) bond motifs is 3. The molecule has 0 aliphatic rings. The molecular weight excluding hydrogens is 342 g/mol. The van der Waals surface area contributed by atoms with E-state index in [0.29, 0.717) is 11.0 Å². The summed E-state index contributed by atoms with van der Waals surface area (Å²) in [6, 6.07) is 17.3. The standard InChI is InChI=1S/C20H19N5O2/c1-13(11-12-14-7-3-2-4-8-14)21-19(26)17-18-20(27)22-15-9-5-6-10-16(15)25(18)24-23-17/h2-10,13H,11-12H2,1H3,(H,21,26)(H,22,27). The van der Waals surface area contributed by atoms with Crippen molar-refractivity contribution < 1.29 is 4.79 Å². The Labute approximate surface area is 155 Å². The number of aromatic amines is 1. The zero-order valence-corrected chi connectivity index (χ0v) is 14.8. The number of hydrogen-bond donors (Lipinski definition) is 2. The molecule has 4 rings (SSSR count). The number of carbonyl (C=O) groups is 1. The first-order valence-corrected chi connectivity index (χ1v) is 8.84. The number of nitrogens with one attached hydrogen (secondary N) is 2. The lowest BCUT2D eigenvalue weighted by atomic mass is 10.1. The Morgan fingerprint density at radius 2 is 1.89 bits per heavy atom. The van der Waals surface area contributed by atoms with Crippen molar-refractivity contribution in [2.24, 2.45) is 0 Å². The quantitative estimate of drug-likeness (QED) is 0.571. The molecule has 7 heteroatoms. The molecule has 2 N–H and O–H groups in total. The van der Waals surface area contributed by atoms with Crippen LogP contribution < -0.4 is 10.9 Å². The van der Waals surface area contributed by atoms with Gasteiger partial charge in [0.2, 0.25) is 0 Å². The normalized spacial score (nSPS) is 12.3. The highest BCUT2D eigenvalue weighted by atomic mass is 16.2. The van der Waals surface area contributed by atoms with E-state index in [9.17, 15) is 9.59 Å². The summed E-state index contributed by atoms with van der Waals surface area (Å²) in [5.41, 5.74) is 2.35. The summed E-state index contributed by atoms with van der Waals surface area (Å²) < 4.78 is 1.41. The van der Waals surface area contributed by atoms with Crippen molar-refractivity contribution >= 4 is 22.5 Å². The minimum atomic E-state index is -0.397. The molecule has 0 fully saturated rings. The van der Waals surface area contributed by atoms with Crippen LogP contribution in [0.5, 0.6) is 0 Å². The maximum absolute atomic E-state index is 12.7. The highest BCUT2D eigenvalue weighted by Gasteiger charge is 2.20. The Morgan fingerprint density at radius 3 is 2.70 bits per heavy atom. The van der Waals surface area contributed by atoms with Gasteiger partial charge in [-0.1, -0.05) is 47.7 Å². The van der Waals surface area contributed by atoms with Gasteiger partial charge in [0, 0.05) is 6.04 Å². The van der Waals surface area contributed by atoms with Crippen molar-refractivity contribution in [3.8, 4) is 0 Å². The number of nitrogens with zero attached hydrogens (tertiary/aromatic N) is 3. The van der Waals surface area contributed by atoms with Gasteiger partial charge in [-0.3, -0.25) is 9.59 Å². The molecule has 0 saturated carbocycles. The van der Waals surface area contributed by atoms with E-state index in [-0.39, 0.29) is 22.8 Å². The molecule has 2 aromatic heterocycles. The van der Waals surface area contributed by atoms with E-state index >= 15 is 0 Å². The Kier molecular flexibility index (Phi) is 4.42. The molecule has 0 radical (unpaired) electrons. The van der Waals surface area contributed by atoms with Crippen molar-refractivity contribution in [3.63, 3.8) is 0 Å². The van der Waals surface area contributed by atoms with Crippen molar-refractivity contribution in [1.82, 2.24) is 25.1 Å². The van der Waals surface area contributed by atoms with Gasteiger partial charge in [-0.25, -0.2) is 4.52 Å².